The number of hydrogen-bond donors (Lipinski definition) is 1. The molecule has 1 amide bonds. The zero-order valence-corrected chi connectivity index (χ0v) is 10.5. The van der Waals surface area contributed by atoms with Crippen LogP contribution in [-0.4, -0.2) is 35.0 Å². The first kappa shape index (κ1) is 13.0. The highest BCUT2D eigenvalue weighted by atomic mass is 16.4. The number of carboxylic acid groups (broad SMARTS) is 1. The summed E-state index contributed by atoms with van der Waals surface area (Å²) in [4.78, 5) is 24.7. The summed E-state index contributed by atoms with van der Waals surface area (Å²) in [5, 5.41) is 9.00. The molecule has 0 unspecified atom stereocenters. The van der Waals surface area contributed by atoms with E-state index in [0.717, 1.165) is 12.8 Å². The number of carbonyl (C=O) groups excluding carboxylic acids is 1. The average molecular weight is 227 g/mol. The van der Waals surface area contributed by atoms with Gasteiger partial charge in [-0.25, -0.2) is 0 Å². The van der Waals surface area contributed by atoms with E-state index in [2.05, 4.69) is 13.8 Å². The number of aliphatic carboxylic acids is 1. The van der Waals surface area contributed by atoms with E-state index in [1.807, 2.05) is 0 Å². The SMILES string of the molecule is CC1(C)CCN(C(=O)C(C)(C)C(=O)O)CC1. The van der Waals surface area contributed by atoms with Gasteiger partial charge in [-0.15, -0.1) is 0 Å². The molecule has 4 nitrogen and oxygen atoms in total. The van der Waals surface area contributed by atoms with E-state index in [-0.39, 0.29) is 11.3 Å². The van der Waals surface area contributed by atoms with Crippen LogP contribution in [0, 0.1) is 10.8 Å². The number of likely N-dealkylation sites (tertiary alicyclic amines) is 1. The quantitative estimate of drug-likeness (QED) is 0.731. The molecule has 0 spiro atoms. The Morgan fingerprint density at radius 3 is 2.00 bits per heavy atom. The molecule has 0 radical (unpaired) electrons. The van der Waals surface area contributed by atoms with Crippen LogP contribution in [0.2, 0.25) is 0 Å². The van der Waals surface area contributed by atoms with E-state index in [4.69, 9.17) is 5.11 Å². The maximum atomic E-state index is 12.0. The largest absolute Gasteiger partial charge is 0.480 e. The molecule has 1 heterocycles. The molecule has 16 heavy (non-hydrogen) atoms. The van der Waals surface area contributed by atoms with Crippen LogP contribution in [0.1, 0.15) is 40.5 Å². The highest BCUT2D eigenvalue weighted by Gasteiger charge is 2.40. The number of carbonyl (C=O) groups is 2. The second kappa shape index (κ2) is 4.07. The maximum absolute atomic E-state index is 12.0. The molecule has 4 heteroatoms. The topological polar surface area (TPSA) is 57.6 Å². The summed E-state index contributed by atoms with van der Waals surface area (Å²) in [5.41, 5.74) is -1.04. The molecule has 0 aromatic rings. The molecule has 0 aromatic carbocycles. The van der Waals surface area contributed by atoms with E-state index in [1.54, 1.807) is 4.90 Å². The highest BCUT2D eigenvalue weighted by Crippen LogP contribution is 2.31. The molecule has 1 rings (SSSR count). The second-order valence-electron chi connectivity index (χ2n) is 5.89. The highest BCUT2D eigenvalue weighted by molar-refractivity contribution is 6.01. The fourth-order valence-corrected chi connectivity index (χ4v) is 1.80. The summed E-state index contributed by atoms with van der Waals surface area (Å²) in [7, 11) is 0. The molecule has 0 aromatic heterocycles. The molecule has 1 aliphatic rings. The number of piperidine rings is 1. The number of rotatable bonds is 2. The van der Waals surface area contributed by atoms with Gasteiger partial charge in [0.2, 0.25) is 5.91 Å². The number of nitrogens with zero attached hydrogens (tertiary/aromatic N) is 1. The van der Waals surface area contributed by atoms with Gasteiger partial charge >= 0.3 is 5.97 Å². The second-order valence-corrected chi connectivity index (χ2v) is 5.89. The van der Waals surface area contributed by atoms with Gasteiger partial charge in [0.1, 0.15) is 5.41 Å². The smallest absolute Gasteiger partial charge is 0.318 e. The van der Waals surface area contributed by atoms with Gasteiger partial charge in [0, 0.05) is 13.1 Å². The molecule has 0 saturated carbocycles. The van der Waals surface area contributed by atoms with Crippen LogP contribution in [0.15, 0.2) is 0 Å². The van der Waals surface area contributed by atoms with Crippen molar-refractivity contribution >= 4 is 11.9 Å². The van der Waals surface area contributed by atoms with Crippen molar-refractivity contribution in [2.24, 2.45) is 10.8 Å². The first-order valence-corrected chi connectivity index (χ1v) is 5.70. The Morgan fingerprint density at radius 2 is 1.62 bits per heavy atom. The van der Waals surface area contributed by atoms with Crippen molar-refractivity contribution in [1.29, 1.82) is 0 Å². The van der Waals surface area contributed by atoms with Crippen LogP contribution in [0.25, 0.3) is 0 Å². The van der Waals surface area contributed by atoms with E-state index in [0.29, 0.717) is 13.1 Å². The summed E-state index contributed by atoms with van der Waals surface area (Å²) in [6, 6.07) is 0. The van der Waals surface area contributed by atoms with Crippen molar-refractivity contribution in [3.63, 3.8) is 0 Å². The lowest BCUT2D eigenvalue weighted by Gasteiger charge is -2.39. The third-order valence-corrected chi connectivity index (χ3v) is 3.47. The Labute approximate surface area is 96.6 Å². The fourth-order valence-electron chi connectivity index (χ4n) is 1.80. The summed E-state index contributed by atoms with van der Waals surface area (Å²) in [6.07, 6.45) is 1.88. The fraction of sp³-hybridized carbons (Fsp3) is 0.833. The molecule has 0 aliphatic carbocycles. The van der Waals surface area contributed by atoms with Gasteiger partial charge in [0.25, 0.3) is 0 Å². The lowest BCUT2D eigenvalue weighted by molar-refractivity contribution is -0.159. The van der Waals surface area contributed by atoms with E-state index in [1.165, 1.54) is 13.8 Å². The van der Waals surface area contributed by atoms with Gasteiger partial charge < -0.3 is 10.0 Å². The average Bonchev–Trinajstić information content (AvgIpc) is 2.16. The van der Waals surface area contributed by atoms with Gasteiger partial charge in [-0.2, -0.15) is 0 Å². The molecule has 0 atom stereocenters. The van der Waals surface area contributed by atoms with Crippen LogP contribution in [0.4, 0.5) is 0 Å². The van der Waals surface area contributed by atoms with Crippen molar-refractivity contribution in [3.8, 4) is 0 Å². The van der Waals surface area contributed by atoms with Crippen LogP contribution in [0.3, 0.4) is 0 Å². The van der Waals surface area contributed by atoms with Gasteiger partial charge in [0.05, 0.1) is 0 Å². The van der Waals surface area contributed by atoms with E-state index in [9.17, 15) is 9.59 Å². The van der Waals surface area contributed by atoms with Gasteiger partial charge in [-0.1, -0.05) is 13.8 Å². The Bertz CT molecular complexity index is 297. The third kappa shape index (κ3) is 2.54. The summed E-state index contributed by atoms with van der Waals surface area (Å²) in [6.45, 7) is 8.63. The number of carboxylic acids is 1. The van der Waals surface area contributed by atoms with Crippen LogP contribution in [-0.2, 0) is 9.59 Å². The zero-order valence-electron chi connectivity index (χ0n) is 10.5. The van der Waals surface area contributed by atoms with Crippen molar-refractivity contribution in [2.75, 3.05) is 13.1 Å². The standard InChI is InChI=1S/C12H21NO3/c1-11(2)5-7-13(8-6-11)9(14)12(3,4)10(15)16/h5-8H2,1-4H3,(H,15,16). The molecule has 1 fully saturated rings. The van der Waals surface area contributed by atoms with Crippen LogP contribution >= 0.6 is 0 Å². The Hall–Kier alpha value is -1.06. The summed E-state index contributed by atoms with van der Waals surface area (Å²) >= 11 is 0. The number of amides is 1. The Morgan fingerprint density at radius 1 is 1.19 bits per heavy atom. The predicted molar refractivity (Wildman–Crippen MR) is 61.0 cm³/mol. The molecule has 0 bridgehead atoms. The first-order valence-electron chi connectivity index (χ1n) is 5.70. The Balaban J connectivity index is 2.68. The van der Waals surface area contributed by atoms with E-state index >= 15 is 0 Å². The van der Waals surface area contributed by atoms with E-state index < -0.39 is 11.4 Å². The minimum Gasteiger partial charge on any atom is -0.480 e. The summed E-state index contributed by atoms with van der Waals surface area (Å²) < 4.78 is 0. The van der Waals surface area contributed by atoms with Gasteiger partial charge in [-0.3, -0.25) is 9.59 Å². The van der Waals surface area contributed by atoms with Crippen molar-refractivity contribution in [2.45, 2.75) is 40.5 Å². The predicted octanol–water partition coefficient (Wildman–Crippen LogP) is 1.75. The lowest BCUT2D eigenvalue weighted by Crippen LogP contribution is -2.49. The Kier molecular flexibility index (Phi) is 3.31. The van der Waals surface area contributed by atoms with Crippen LogP contribution < -0.4 is 0 Å². The third-order valence-electron chi connectivity index (χ3n) is 3.47. The van der Waals surface area contributed by atoms with Gasteiger partial charge in [-0.05, 0) is 32.1 Å². The monoisotopic (exact) mass is 227 g/mol. The lowest BCUT2D eigenvalue weighted by atomic mass is 9.81. The van der Waals surface area contributed by atoms with Gasteiger partial charge in [0.15, 0.2) is 0 Å². The maximum Gasteiger partial charge on any atom is 0.318 e. The molecule has 1 saturated heterocycles. The number of hydrogen-bond acceptors (Lipinski definition) is 2. The van der Waals surface area contributed by atoms with Crippen LogP contribution in [0.5, 0.6) is 0 Å². The molecular weight excluding hydrogens is 206 g/mol. The minimum absolute atomic E-state index is 0.268. The van der Waals surface area contributed by atoms with Crippen molar-refractivity contribution < 1.29 is 14.7 Å². The minimum atomic E-state index is -1.30. The molecular formula is C12H21NO3. The van der Waals surface area contributed by atoms with Crippen molar-refractivity contribution in [3.05, 3.63) is 0 Å². The van der Waals surface area contributed by atoms with Crippen molar-refractivity contribution in [1.82, 2.24) is 4.90 Å². The normalized spacial score (nSPS) is 20.6. The first-order chi connectivity index (χ1) is 7.17. The zero-order chi connectivity index (χ0) is 12.6. The molecule has 1 N–H and O–H groups in total. The summed E-state index contributed by atoms with van der Waals surface area (Å²) in [5.74, 6) is -1.32. The molecule has 92 valence electrons. The molecule has 1 aliphatic heterocycles.